The zero-order valence-electron chi connectivity index (χ0n) is 18.4. The Labute approximate surface area is 192 Å². The minimum absolute atomic E-state index is 0.120. The Morgan fingerprint density at radius 2 is 1.78 bits per heavy atom. The molecule has 2 aromatic heterocycles. The van der Waals surface area contributed by atoms with Gasteiger partial charge in [0.05, 0.1) is 0 Å². The zero-order valence-corrected chi connectivity index (χ0v) is 19.2. The lowest BCUT2D eigenvalue weighted by atomic mass is 9.80. The molecule has 3 fully saturated rings. The van der Waals surface area contributed by atoms with E-state index < -0.39 is 0 Å². The lowest BCUT2D eigenvalue weighted by Gasteiger charge is -2.26. The maximum atomic E-state index is 14.3. The molecule has 6 heteroatoms. The molecule has 6 rings (SSSR count). The van der Waals surface area contributed by atoms with E-state index in [9.17, 15) is 8.68 Å². The Morgan fingerprint density at radius 3 is 2.47 bits per heavy atom. The van der Waals surface area contributed by atoms with Gasteiger partial charge in [0.25, 0.3) is 5.56 Å². The number of rotatable bonds is 6. The van der Waals surface area contributed by atoms with Crippen LogP contribution >= 0.6 is 12.3 Å². The van der Waals surface area contributed by atoms with Crippen LogP contribution in [0.4, 0.5) is 3.89 Å². The predicted octanol–water partition coefficient (Wildman–Crippen LogP) is 6.30. The largest absolute Gasteiger partial charge is 0.298 e. The monoisotopic (exact) mass is 451 g/mol. The highest BCUT2D eigenvalue weighted by Gasteiger charge is 2.30. The molecule has 2 aliphatic carbocycles. The van der Waals surface area contributed by atoms with Crippen molar-refractivity contribution >= 4 is 23.2 Å². The van der Waals surface area contributed by atoms with E-state index in [1.54, 1.807) is 8.54 Å². The third-order valence-corrected chi connectivity index (χ3v) is 8.23. The second-order valence-electron chi connectivity index (χ2n) is 9.85. The molecule has 2 saturated carbocycles. The molecule has 32 heavy (non-hydrogen) atoms. The van der Waals surface area contributed by atoms with E-state index in [1.807, 2.05) is 12.3 Å². The third-order valence-electron chi connectivity index (χ3n) is 7.68. The molecule has 0 bridgehead atoms. The summed E-state index contributed by atoms with van der Waals surface area (Å²) in [7, 11) is 0. The molecular formula is C26H30FN3OS. The first kappa shape index (κ1) is 20.5. The zero-order chi connectivity index (χ0) is 21.7. The fraction of sp³-hybridized carbons (Fsp3) is 0.500. The first-order chi connectivity index (χ1) is 15.7. The second-order valence-corrected chi connectivity index (χ2v) is 10.4. The van der Waals surface area contributed by atoms with Crippen LogP contribution in [0, 0.1) is 0 Å². The van der Waals surface area contributed by atoms with Crippen LogP contribution in [0.1, 0.15) is 80.0 Å². The Morgan fingerprint density at radius 1 is 0.969 bits per heavy atom. The number of piperidine rings is 1. The number of benzene rings is 1. The average molecular weight is 452 g/mol. The standard InChI is InChI=1S/C26H30FN3OS/c27-32-30-22(16-28-12-2-1-3-13-28)15-23-24(19-10-11-19)17-29(26(31)25(23)30)21-9-5-8-20(14-21)18-6-4-7-18/h5,8-9,14-15,17-19H,1-4,6-7,10-13,16H2. The summed E-state index contributed by atoms with van der Waals surface area (Å²) in [6.45, 7) is 2.80. The molecular weight excluding hydrogens is 421 g/mol. The Kier molecular flexibility index (Phi) is 5.38. The van der Waals surface area contributed by atoms with Crippen molar-refractivity contribution in [2.75, 3.05) is 13.1 Å². The molecule has 0 atom stereocenters. The summed E-state index contributed by atoms with van der Waals surface area (Å²) in [5.74, 6) is 1.08. The van der Waals surface area contributed by atoms with Gasteiger partial charge in [-0.2, -0.15) is 0 Å². The second kappa shape index (κ2) is 8.38. The summed E-state index contributed by atoms with van der Waals surface area (Å²) in [4.78, 5) is 16.1. The average Bonchev–Trinajstić information content (AvgIpc) is 3.55. The number of fused-ring (bicyclic) bond motifs is 1. The summed E-state index contributed by atoms with van der Waals surface area (Å²) in [6.07, 6.45) is 11.7. The number of aromatic nitrogens is 2. The van der Waals surface area contributed by atoms with Gasteiger partial charge in [0.1, 0.15) is 5.52 Å². The van der Waals surface area contributed by atoms with Gasteiger partial charge in [-0.3, -0.25) is 18.2 Å². The van der Waals surface area contributed by atoms with Crippen molar-refractivity contribution in [3.63, 3.8) is 0 Å². The fourth-order valence-electron chi connectivity index (χ4n) is 5.47. The topological polar surface area (TPSA) is 30.2 Å². The minimum atomic E-state index is -0.120. The molecule has 0 N–H and O–H groups in total. The maximum Gasteiger partial charge on any atom is 0.280 e. The number of halogens is 1. The van der Waals surface area contributed by atoms with Crippen molar-refractivity contribution < 1.29 is 3.89 Å². The Balaban J connectivity index is 1.49. The summed E-state index contributed by atoms with van der Waals surface area (Å²) >= 11 is 0.177. The molecule has 168 valence electrons. The van der Waals surface area contributed by atoms with Crippen molar-refractivity contribution in [2.24, 2.45) is 0 Å². The summed E-state index contributed by atoms with van der Waals surface area (Å²) in [5, 5.41) is 0.945. The van der Waals surface area contributed by atoms with E-state index in [2.05, 4.69) is 29.2 Å². The molecule has 3 aromatic rings. The molecule has 0 radical (unpaired) electrons. The van der Waals surface area contributed by atoms with Crippen LogP contribution in [0.25, 0.3) is 16.6 Å². The minimum Gasteiger partial charge on any atom is -0.298 e. The Hall–Kier alpha value is -2.05. The highest BCUT2D eigenvalue weighted by atomic mass is 32.2. The van der Waals surface area contributed by atoms with E-state index in [-0.39, 0.29) is 17.9 Å². The quantitative estimate of drug-likeness (QED) is 0.440. The van der Waals surface area contributed by atoms with Crippen LogP contribution in [-0.4, -0.2) is 26.5 Å². The SMILES string of the molecule is O=c1c2c(cc(CN3CCCCC3)n2SF)c(C2CC2)cn1-c1cccc(C2CCC2)c1. The van der Waals surface area contributed by atoms with Gasteiger partial charge >= 0.3 is 0 Å². The van der Waals surface area contributed by atoms with Crippen molar-refractivity contribution in [1.29, 1.82) is 0 Å². The molecule has 1 aliphatic heterocycles. The van der Waals surface area contributed by atoms with Crippen LogP contribution < -0.4 is 5.56 Å². The molecule has 3 heterocycles. The molecule has 0 amide bonds. The van der Waals surface area contributed by atoms with Crippen molar-refractivity contribution in [1.82, 2.24) is 13.4 Å². The molecule has 1 aromatic carbocycles. The first-order valence-corrected chi connectivity index (χ1v) is 12.8. The van der Waals surface area contributed by atoms with Gasteiger partial charge < -0.3 is 0 Å². The highest BCUT2D eigenvalue weighted by Crippen LogP contribution is 2.44. The Bertz CT molecular complexity index is 1200. The number of nitrogens with zero attached hydrogens (tertiary/aromatic N) is 3. The van der Waals surface area contributed by atoms with Crippen LogP contribution in [0.3, 0.4) is 0 Å². The number of likely N-dealkylation sites (tertiary alicyclic amines) is 1. The molecule has 0 unspecified atom stereocenters. The highest BCUT2D eigenvalue weighted by molar-refractivity contribution is 7.93. The molecule has 4 nitrogen and oxygen atoms in total. The van der Waals surface area contributed by atoms with Crippen molar-refractivity contribution in [3.8, 4) is 5.69 Å². The normalized spacial score (nSPS) is 20.0. The molecule has 0 spiro atoms. The van der Waals surface area contributed by atoms with Gasteiger partial charge in [-0.15, -0.1) is 3.89 Å². The number of hydrogen-bond acceptors (Lipinski definition) is 3. The molecule has 3 aliphatic rings. The van der Waals surface area contributed by atoms with E-state index in [0.717, 1.165) is 42.7 Å². The van der Waals surface area contributed by atoms with Crippen LogP contribution in [-0.2, 0) is 6.54 Å². The van der Waals surface area contributed by atoms with E-state index in [1.165, 1.54) is 49.7 Å². The van der Waals surface area contributed by atoms with Crippen LogP contribution in [0.5, 0.6) is 0 Å². The summed E-state index contributed by atoms with van der Waals surface area (Å²) in [5.41, 5.74) is 4.69. The van der Waals surface area contributed by atoms with E-state index in [4.69, 9.17) is 0 Å². The van der Waals surface area contributed by atoms with Crippen molar-refractivity contribution in [3.05, 3.63) is 63.7 Å². The van der Waals surface area contributed by atoms with E-state index >= 15 is 0 Å². The number of hydrogen-bond donors (Lipinski definition) is 0. The van der Waals surface area contributed by atoms with Gasteiger partial charge in [0.2, 0.25) is 0 Å². The van der Waals surface area contributed by atoms with Gasteiger partial charge in [-0.1, -0.05) is 25.0 Å². The fourth-order valence-corrected chi connectivity index (χ4v) is 5.91. The molecule has 1 saturated heterocycles. The maximum absolute atomic E-state index is 14.3. The van der Waals surface area contributed by atoms with Gasteiger partial charge in [-0.05, 0) is 92.8 Å². The smallest absolute Gasteiger partial charge is 0.280 e. The lowest BCUT2D eigenvalue weighted by Crippen LogP contribution is -2.29. The summed E-state index contributed by atoms with van der Waals surface area (Å²) in [6, 6.07) is 10.5. The van der Waals surface area contributed by atoms with Gasteiger partial charge in [0, 0.05) is 29.5 Å². The van der Waals surface area contributed by atoms with Crippen LogP contribution in [0.15, 0.2) is 41.3 Å². The van der Waals surface area contributed by atoms with Crippen LogP contribution in [0.2, 0.25) is 0 Å². The first-order valence-electron chi connectivity index (χ1n) is 12.1. The third kappa shape index (κ3) is 3.61. The van der Waals surface area contributed by atoms with Crippen molar-refractivity contribution in [2.45, 2.75) is 69.7 Å². The van der Waals surface area contributed by atoms with Gasteiger partial charge in [-0.25, -0.2) is 0 Å². The predicted molar refractivity (Wildman–Crippen MR) is 129 cm³/mol. The van der Waals surface area contributed by atoms with E-state index in [0.29, 0.717) is 23.9 Å². The lowest BCUT2D eigenvalue weighted by molar-refractivity contribution is 0.218. The number of pyridine rings is 1. The summed E-state index contributed by atoms with van der Waals surface area (Å²) < 4.78 is 17.6. The van der Waals surface area contributed by atoms with Gasteiger partial charge in [0.15, 0.2) is 12.3 Å².